The molecule has 1 saturated heterocycles. The molecule has 2 heteroatoms. The van der Waals surface area contributed by atoms with Crippen LogP contribution in [-0.4, -0.2) is 30.1 Å². The Kier molecular flexibility index (Phi) is 3.53. The van der Waals surface area contributed by atoms with E-state index in [1.165, 1.54) is 19.4 Å². The maximum Gasteiger partial charge on any atom is 0.0221 e. The van der Waals surface area contributed by atoms with Crippen molar-refractivity contribution in [1.29, 1.82) is 0 Å². The van der Waals surface area contributed by atoms with Gasteiger partial charge in [0.1, 0.15) is 0 Å². The molecule has 72 valence electrons. The summed E-state index contributed by atoms with van der Waals surface area (Å²) in [4.78, 5) is 2.55. The smallest absolute Gasteiger partial charge is 0.0221 e. The van der Waals surface area contributed by atoms with Crippen LogP contribution >= 0.6 is 0 Å². The summed E-state index contributed by atoms with van der Waals surface area (Å²) in [6.07, 6.45) is 2.64. The second-order valence-corrected chi connectivity index (χ2v) is 4.36. The van der Waals surface area contributed by atoms with Crippen LogP contribution in [0, 0.1) is 5.92 Å². The average Bonchev–Trinajstić information content (AvgIpc) is 2.04. The number of hydrogen-bond acceptors (Lipinski definition) is 2. The molecule has 1 aliphatic heterocycles. The summed E-state index contributed by atoms with van der Waals surface area (Å²) >= 11 is 0. The lowest BCUT2D eigenvalue weighted by atomic mass is 9.93. The summed E-state index contributed by atoms with van der Waals surface area (Å²) in [6, 6.07) is 1.29. The van der Waals surface area contributed by atoms with Crippen LogP contribution in [-0.2, 0) is 0 Å². The quantitative estimate of drug-likeness (QED) is 0.679. The highest BCUT2D eigenvalue weighted by atomic mass is 15.2. The maximum atomic E-state index is 5.74. The topological polar surface area (TPSA) is 29.3 Å². The summed E-state index contributed by atoms with van der Waals surface area (Å²) in [6.45, 7) is 8.92. The van der Waals surface area contributed by atoms with E-state index in [1.807, 2.05) is 0 Å². The standard InChI is InChI=1S/C10H22N2/c1-8(2)12-7-9(3)4-5-10(12)6-11/h8-10H,4-7,11H2,1-3H3. The Morgan fingerprint density at radius 2 is 2.08 bits per heavy atom. The monoisotopic (exact) mass is 170 g/mol. The number of rotatable bonds is 2. The molecule has 1 rings (SSSR count). The van der Waals surface area contributed by atoms with E-state index in [2.05, 4.69) is 25.7 Å². The molecule has 12 heavy (non-hydrogen) atoms. The maximum absolute atomic E-state index is 5.74. The van der Waals surface area contributed by atoms with Crippen molar-refractivity contribution < 1.29 is 0 Å². The molecule has 0 aromatic carbocycles. The molecular formula is C10H22N2. The van der Waals surface area contributed by atoms with Crippen molar-refractivity contribution in [2.75, 3.05) is 13.1 Å². The number of nitrogens with zero attached hydrogens (tertiary/aromatic N) is 1. The van der Waals surface area contributed by atoms with E-state index in [4.69, 9.17) is 5.73 Å². The number of piperidine rings is 1. The first kappa shape index (κ1) is 10.0. The highest BCUT2D eigenvalue weighted by Crippen LogP contribution is 2.22. The van der Waals surface area contributed by atoms with Crippen molar-refractivity contribution >= 4 is 0 Å². The Labute approximate surface area is 76.1 Å². The predicted octanol–water partition coefficient (Wildman–Crippen LogP) is 1.45. The third kappa shape index (κ3) is 2.20. The number of nitrogens with two attached hydrogens (primary N) is 1. The minimum atomic E-state index is 0.640. The summed E-state index contributed by atoms with van der Waals surface area (Å²) in [5.74, 6) is 0.857. The van der Waals surface area contributed by atoms with Gasteiger partial charge in [0.2, 0.25) is 0 Å². The normalized spacial score (nSPS) is 32.8. The van der Waals surface area contributed by atoms with Gasteiger partial charge in [-0.1, -0.05) is 6.92 Å². The van der Waals surface area contributed by atoms with Gasteiger partial charge in [-0.2, -0.15) is 0 Å². The largest absolute Gasteiger partial charge is 0.329 e. The van der Waals surface area contributed by atoms with Gasteiger partial charge in [-0.3, -0.25) is 4.90 Å². The van der Waals surface area contributed by atoms with E-state index in [1.54, 1.807) is 0 Å². The summed E-state index contributed by atoms with van der Waals surface area (Å²) in [5, 5.41) is 0. The van der Waals surface area contributed by atoms with Gasteiger partial charge in [0.15, 0.2) is 0 Å². The molecule has 2 nitrogen and oxygen atoms in total. The van der Waals surface area contributed by atoms with Crippen molar-refractivity contribution in [3.05, 3.63) is 0 Å². The van der Waals surface area contributed by atoms with Crippen LogP contribution in [0.15, 0.2) is 0 Å². The first-order chi connectivity index (χ1) is 5.65. The Morgan fingerprint density at radius 1 is 1.42 bits per heavy atom. The lowest BCUT2D eigenvalue weighted by molar-refractivity contribution is 0.0867. The third-order valence-corrected chi connectivity index (χ3v) is 2.92. The van der Waals surface area contributed by atoms with Crippen molar-refractivity contribution in [2.24, 2.45) is 11.7 Å². The van der Waals surface area contributed by atoms with Gasteiger partial charge in [0, 0.05) is 25.2 Å². The zero-order chi connectivity index (χ0) is 9.14. The summed E-state index contributed by atoms with van der Waals surface area (Å²) in [5.41, 5.74) is 5.74. The van der Waals surface area contributed by atoms with Crippen molar-refractivity contribution in [2.45, 2.75) is 45.7 Å². The fourth-order valence-corrected chi connectivity index (χ4v) is 2.13. The number of hydrogen-bond donors (Lipinski definition) is 1. The second kappa shape index (κ2) is 4.24. The molecule has 1 aliphatic rings. The zero-order valence-electron chi connectivity index (χ0n) is 8.59. The molecule has 0 amide bonds. The fraction of sp³-hybridized carbons (Fsp3) is 1.00. The lowest BCUT2D eigenvalue weighted by Gasteiger charge is -2.40. The van der Waals surface area contributed by atoms with Gasteiger partial charge in [-0.15, -0.1) is 0 Å². The van der Waals surface area contributed by atoms with Crippen LogP contribution in [0.5, 0.6) is 0 Å². The SMILES string of the molecule is CC1CCC(CN)N(C(C)C)C1. The van der Waals surface area contributed by atoms with E-state index in [-0.39, 0.29) is 0 Å². The highest BCUT2D eigenvalue weighted by molar-refractivity contribution is 4.82. The highest BCUT2D eigenvalue weighted by Gasteiger charge is 2.26. The Balaban J connectivity index is 2.52. The van der Waals surface area contributed by atoms with Gasteiger partial charge < -0.3 is 5.73 Å². The van der Waals surface area contributed by atoms with Crippen LogP contribution in [0.25, 0.3) is 0 Å². The lowest BCUT2D eigenvalue weighted by Crippen LogP contribution is -2.49. The van der Waals surface area contributed by atoms with E-state index >= 15 is 0 Å². The molecule has 1 fully saturated rings. The molecule has 0 bridgehead atoms. The molecule has 1 heterocycles. The predicted molar refractivity (Wildman–Crippen MR) is 53.1 cm³/mol. The van der Waals surface area contributed by atoms with Gasteiger partial charge in [-0.05, 0) is 32.6 Å². The molecule has 2 unspecified atom stereocenters. The molecule has 0 radical (unpaired) electrons. The molecule has 2 N–H and O–H groups in total. The van der Waals surface area contributed by atoms with Crippen LogP contribution in [0.1, 0.15) is 33.6 Å². The molecule has 2 atom stereocenters. The van der Waals surface area contributed by atoms with Gasteiger partial charge in [0.25, 0.3) is 0 Å². The van der Waals surface area contributed by atoms with E-state index < -0.39 is 0 Å². The fourth-order valence-electron chi connectivity index (χ4n) is 2.13. The minimum absolute atomic E-state index is 0.640. The Hall–Kier alpha value is -0.0800. The molecule has 0 saturated carbocycles. The van der Waals surface area contributed by atoms with Crippen molar-refractivity contribution in [1.82, 2.24) is 4.90 Å². The number of likely N-dealkylation sites (tertiary alicyclic amines) is 1. The van der Waals surface area contributed by atoms with E-state index in [0.717, 1.165) is 12.5 Å². The average molecular weight is 170 g/mol. The molecular weight excluding hydrogens is 148 g/mol. The minimum Gasteiger partial charge on any atom is -0.329 e. The van der Waals surface area contributed by atoms with E-state index in [0.29, 0.717) is 12.1 Å². The Morgan fingerprint density at radius 3 is 2.58 bits per heavy atom. The first-order valence-electron chi connectivity index (χ1n) is 5.11. The van der Waals surface area contributed by atoms with Gasteiger partial charge >= 0.3 is 0 Å². The molecule has 0 aromatic heterocycles. The van der Waals surface area contributed by atoms with Gasteiger partial charge in [0.05, 0.1) is 0 Å². The second-order valence-electron chi connectivity index (χ2n) is 4.36. The summed E-state index contributed by atoms with van der Waals surface area (Å²) in [7, 11) is 0. The molecule has 0 aromatic rings. The van der Waals surface area contributed by atoms with Gasteiger partial charge in [-0.25, -0.2) is 0 Å². The molecule has 0 spiro atoms. The third-order valence-electron chi connectivity index (χ3n) is 2.92. The van der Waals surface area contributed by atoms with Crippen LogP contribution in [0.2, 0.25) is 0 Å². The van der Waals surface area contributed by atoms with E-state index in [9.17, 15) is 0 Å². The Bertz CT molecular complexity index is 134. The van der Waals surface area contributed by atoms with Crippen LogP contribution < -0.4 is 5.73 Å². The first-order valence-corrected chi connectivity index (χ1v) is 5.11. The molecule has 0 aliphatic carbocycles. The van der Waals surface area contributed by atoms with Crippen molar-refractivity contribution in [3.63, 3.8) is 0 Å². The van der Waals surface area contributed by atoms with Crippen LogP contribution in [0.3, 0.4) is 0 Å². The zero-order valence-corrected chi connectivity index (χ0v) is 8.59. The van der Waals surface area contributed by atoms with Crippen molar-refractivity contribution in [3.8, 4) is 0 Å². The summed E-state index contributed by atoms with van der Waals surface area (Å²) < 4.78 is 0. The van der Waals surface area contributed by atoms with Crippen LogP contribution in [0.4, 0.5) is 0 Å².